The molecule has 0 aromatic carbocycles. The van der Waals surface area contributed by atoms with Gasteiger partial charge in [0.25, 0.3) is 0 Å². The molecule has 0 aromatic heterocycles. The maximum atomic E-state index is 13.8. The number of thiol groups is 1. The van der Waals surface area contributed by atoms with Gasteiger partial charge < -0.3 is 47.6 Å². The molecule has 0 aliphatic carbocycles. The van der Waals surface area contributed by atoms with Crippen LogP contribution in [0.25, 0.3) is 0 Å². The molecule has 7 atom stereocenters. The van der Waals surface area contributed by atoms with Crippen molar-refractivity contribution < 1.29 is 43.5 Å². The summed E-state index contributed by atoms with van der Waals surface area (Å²) in [6.45, 7) is 8.55. The number of carbonyl (C=O) groups excluding carboxylic acids is 7. The fourth-order valence-corrected chi connectivity index (χ4v) is 7.02. The van der Waals surface area contributed by atoms with Gasteiger partial charge >= 0.3 is 5.97 Å². The van der Waals surface area contributed by atoms with Gasteiger partial charge in [0.1, 0.15) is 36.3 Å². The molecule has 20 heteroatoms. The van der Waals surface area contributed by atoms with Crippen LogP contribution < -0.4 is 37.6 Å². The van der Waals surface area contributed by atoms with E-state index < -0.39 is 77.7 Å². The zero-order chi connectivity index (χ0) is 40.2. The van der Waals surface area contributed by atoms with Crippen LogP contribution in [0.1, 0.15) is 66.7 Å². The fraction of sp³-hybridized carbons (Fsp3) is 0.758. The summed E-state index contributed by atoms with van der Waals surface area (Å²) in [5.74, 6) is -5.04. The number of rotatable bonds is 24. The van der Waals surface area contributed by atoms with Gasteiger partial charge in [0.15, 0.2) is 0 Å². The molecule has 1 rings (SSSR count). The van der Waals surface area contributed by atoms with E-state index in [9.17, 15) is 43.5 Å². The first-order valence-corrected chi connectivity index (χ1v) is 20.8. The molecule has 0 unspecified atom stereocenters. The van der Waals surface area contributed by atoms with Crippen LogP contribution >= 0.6 is 36.2 Å². The van der Waals surface area contributed by atoms with Crippen molar-refractivity contribution in [2.45, 2.75) is 103 Å². The van der Waals surface area contributed by atoms with Gasteiger partial charge in [-0.25, -0.2) is 4.79 Å². The lowest BCUT2D eigenvalue weighted by Gasteiger charge is -2.31. The highest BCUT2D eigenvalue weighted by Crippen LogP contribution is 2.20. The van der Waals surface area contributed by atoms with E-state index in [1.165, 1.54) is 23.6 Å². The predicted molar refractivity (Wildman–Crippen MR) is 208 cm³/mol. The predicted octanol–water partition coefficient (Wildman–Crippen LogP) is -0.953. The van der Waals surface area contributed by atoms with Crippen molar-refractivity contribution in [3.05, 3.63) is 0 Å². The number of carboxylic acids is 1. The molecule has 1 aliphatic heterocycles. The van der Waals surface area contributed by atoms with Gasteiger partial charge in [-0.1, -0.05) is 34.1 Å². The monoisotopic (exact) mass is 806 g/mol. The number of carboxylic acid groups (broad SMARTS) is 1. The topological polar surface area (TPSA) is 258 Å². The summed E-state index contributed by atoms with van der Waals surface area (Å²) < 4.78 is 0. The van der Waals surface area contributed by atoms with Crippen LogP contribution in [-0.2, 0) is 38.4 Å². The lowest BCUT2D eigenvalue weighted by Crippen LogP contribution is -2.60. The highest BCUT2D eigenvalue weighted by molar-refractivity contribution is 7.99. The molecule has 0 radical (unpaired) electrons. The van der Waals surface area contributed by atoms with E-state index in [-0.39, 0.29) is 61.1 Å². The number of nitrogens with one attached hydrogen (secondary N) is 6. The number of amides is 7. The Labute approximate surface area is 325 Å². The van der Waals surface area contributed by atoms with Crippen LogP contribution in [0, 0.1) is 11.8 Å². The van der Waals surface area contributed by atoms with E-state index in [2.05, 4.69) is 44.5 Å². The molecule has 1 saturated heterocycles. The van der Waals surface area contributed by atoms with Crippen LogP contribution in [0.5, 0.6) is 0 Å². The second-order valence-corrected chi connectivity index (χ2v) is 15.6. The molecule has 1 heterocycles. The third kappa shape index (κ3) is 16.8. The summed E-state index contributed by atoms with van der Waals surface area (Å²) in [6.07, 6.45) is 3.48. The van der Waals surface area contributed by atoms with Crippen LogP contribution in [0.4, 0.5) is 0 Å². The first-order valence-electron chi connectivity index (χ1n) is 17.7. The van der Waals surface area contributed by atoms with Crippen LogP contribution in [0.3, 0.4) is 0 Å². The highest BCUT2D eigenvalue weighted by atomic mass is 32.2. The SMILES string of the molecule is CC[C@H](C)[C@H](NC(=O)CN)C(=O)N[C@@H](CS)C(=O)N1CCC[C@H]1C(=O)N[C@@H](CC(C)C)C(=O)N[C@@H](CSCNC(C)=O)C(=O)N[C@@H](CCSC)C(=O)O. The quantitative estimate of drug-likeness (QED) is 0.0325. The summed E-state index contributed by atoms with van der Waals surface area (Å²) >= 11 is 6.84. The molecule has 7 amide bonds. The molecule has 0 saturated carbocycles. The molecule has 1 aliphatic rings. The number of aliphatic carboxylic acids is 1. The average molecular weight is 807 g/mol. The Bertz CT molecular complexity index is 1280. The van der Waals surface area contributed by atoms with E-state index in [1.807, 2.05) is 20.8 Å². The molecular weight excluding hydrogens is 749 g/mol. The Morgan fingerprint density at radius 3 is 2.08 bits per heavy atom. The molecule has 1 fully saturated rings. The lowest BCUT2D eigenvalue weighted by molar-refractivity contribution is -0.142. The molecule has 9 N–H and O–H groups in total. The second kappa shape index (κ2) is 25.0. The van der Waals surface area contributed by atoms with Crippen molar-refractivity contribution in [3.8, 4) is 0 Å². The summed E-state index contributed by atoms with van der Waals surface area (Å²) in [5.41, 5.74) is 5.42. The van der Waals surface area contributed by atoms with Crippen molar-refractivity contribution in [3.63, 3.8) is 0 Å². The fourth-order valence-electron chi connectivity index (χ4n) is 5.41. The molecule has 302 valence electrons. The number of hydrogen-bond acceptors (Lipinski definition) is 12. The van der Waals surface area contributed by atoms with Crippen molar-refractivity contribution in [1.29, 1.82) is 0 Å². The summed E-state index contributed by atoms with van der Waals surface area (Å²) in [4.78, 5) is 104. The van der Waals surface area contributed by atoms with Gasteiger partial charge in [0.05, 0.1) is 12.4 Å². The maximum absolute atomic E-state index is 13.8. The van der Waals surface area contributed by atoms with Gasteiger partial charge in [-0.15, -0.1) is 11.8 Å². The molecular formula is C33H58N8O9S3. The Morgan fingerprint density at radius 2 is 1.53 bits per heavy atom. The Morgan fingerprint density at radius 1 is 0.906 bits per heavy atom. The van der Waals surface area contributed by atoms with E-state index in [0.29, 0.717) is 25.0 Å². The van der Waals surface area contributed by atoms with Gasteiger partial charge in [-0.05, 0) is 49.5 Å². The smallest absolute Gasteiger partial charge is 0.326 e. The summed E-state index contributed by atoms with van der Waals surface area (Å²) in [5, 5.41) is 25.4. The minimum absolute atomic E-state index is 0.00933. The van der Waals surface area contributed by atoms with Crippen molar-refractivity contribution in [2.24, 2.45) is 17.6 Å². The van der Waals surface area contributed by atoms with Crippen molar-refractivity contribution >= 4 is 83.5 Å². The Balaban J connectivity index is 3.19. The third-order valence-electron chi connectivity index (χ3n) is 8.54. The van der Waals surface area contributed by atoms with Gasteiger partial charge in [-0.2, -0.15) is 24.4 Å². The second-order valence-electron chi connectivity index (χ2n) is 13.2. The molecule has 0 spiro atoms. The lowest BCUT2D eigenvalue weighted by atomic mass is 9.98. The molecule has 53 heavy (non-hydrogen) atoms. The first kappa shape index (κ1) is 47.8. The van der Waals surface area contributed by atoms with E-state index >= 15 is 0 Å². The maximum Gasteiger partial charge on any atom is 0.326 e. The third-order valence-corrected chi connectivity index (χ3v) is 10.5. The van der Waals surface area contributed by atoms with Gasteiger partial charge in [0, 0.05) is 25.0 Å². The number of thioether (sulfide) groups is 2. The summed E-state index contributed by atoms with van der Waals surface area (Å²) in [7, 11) is 0. The number of nitrogens with two attached hydrogens (primary N) is 1. The largest absolute Gasteiger partial charge is 0.480 e. The standard InChI is InChI=1S/C33H58N8O9S3/c1-7-19(4)27(40-26(43)14-34)31(47)38-23(15-51)32(48)41-11-8-9-25(41)30(46)37-22(13-18(2)3)28(44)39-24(16-53-17-35-20(5)42)29(45)36-21(33(49)50)10-12-52-6/h18-19,21-25,27,51H,7-17,34H2,1-6H3,(H,35,42)(H,36,45)(H,37,46)(H,38,47)(H,39,44)(H,40,43)(H,49,50)/t19-,21-,22-,23-,24-,25-,27-/m0/s1. The zero-order valence-corrected chi connectivity index (χ0v) is 33.9. The summed E-state index contributed by atoms with van der Waals surface area (Å²) in [6, 6.07) is -6.54. The average Bonchev–Trinajstić information content (AvgIpc) is 3.61. The van der Waals surface area contributed by atoms with Crippen molar-refractivity contribution in [1.82, 2.24) is 36.8 Å². The van der Waals surface area contributed by atoms with Crippen LogP contribution in [0.15, 0.2) is 0 Å². The number of likely N-dealkylation sites (tertiary alicyclic amines) is 1. The first-order chi connectivity index (χ1) is 25.0. The van der Waals surface area contributed by atoms with E-state index in [1.54, 1.807) is 13.2 Å². The van der Waals surface area contributed by atoms with E-state index in [0.717, 1.165) is 11.8 Å². The van der Waals surface area contributed by atoms with E-state index in [4.69, 9.17) is 5.73 Å². The normalized spacial score (nSPS) is 17.4. The van der Waals surface area contributed by atoms with Crippen molar-refractivity contribution in [2.75, 3.05) is 42.5 Å². The van der Waals surface area contributed by atoms with Crippen LogP contribution in [-0.4, -0.2) is 136 Å². The highest BCUT2D eigenvalue weighted by Gasteiger charge is 2.40. The molecule has 0 aromatic rings. The Kier molecular flexibility index (Phi) is 22.5. The number of hydrogen-bond donors (Lipinski definition) is 9. The number of carbonyl (C=O) groups is 8. The van der Waals surface area contributed by atoms with Gasteiger partial charge in [0.2, 0.25) is 41.4 Å². The number of nitrogens with zero attached hydrogens (tertiary/aromatic N) is 1. The van der Waals surface area contributed by atoms with Crippen LogP contribution in [0.2, 0.25) is 0 Å². The molecule has 0 bridgehead atoms. The Hall–Kier alpha value is -3.23. The minimum atomic E-state index is -1.22. The molecule has 17 nitrogen and oxygen atoms in total. The zero-order valence-electron chi connectivity index (χ0n) is 31.4. The van der Waals surface area contributed by atoms with Gasteiger partial charge in [-0.3, -0.25) is 33.6 Å². The minimum Gasteiger partial charge on any atom is -0.480 e.